The van der Waals surface area contributed by atoms with E-state index >= 15 is 0 Å². The SMILES string of the molecule is CCOc1ccc(CNC(=O)c2ccc(CN3CCCCC3)cc2)cc1. The van der Waals surface area contributed by atoms with Gasteiger partial charge >= 0.3 is 0 Å². The van der Waals surface area contributed by atoms with Crippen molar-refractivity contribution in [1.29, 1.82) is 0 Å². The van der Waals surface area contributed by atoms with Crippen LogP contribution in [0.5, 0.6) is 5.75 Å². The zero-order chi connectivity index (χ0) is 18.2. The number of benzene rings is 2. The van der Waals surface area contributed by atoms with E-state index in [0.717, 1.165) is 17.9 Å². The van der Waals surface area contributed by atoms with Gasteiger partial charge in [0.25, 0.3) is 5.91 Å². The van der Waals surface area contributed by atoms with Gasteiger partial charge in [0.2, 0.25) is 0 Å². The number of likely N-dealkylation sites (tertiary alicyclic amines) is 1. The highest BCUT2D eigenvalue weighted by atomic mass is 16.5. The van der Waals surface area contributed by atoms with E-state index in [2.05, 4.69) is 22.3 Å². The Kier molecular flexibility index (Phi) is 6.67. The normalized spacial score (nSPS) is 14.8. The Morgan fingerprint density at radius 2 is 1.62 bits per heavy atom. The van der Waals surface area contributed by atoms with Crippen LogP contribution in [0.15, 0.2) is 48.5 Å². The van der Waals surface area contributed by atoms with E-state index in [1.807, 2.05) is 43.3 Å². The molecule has 1 heterocycles. The Morgan fingerprint density at radius 1 is 0.962 bits per heavy atom. The zero-order valence-corrected chi connectivity index (χ0v) is 15.5. The molecule has 26 heavy (non-hydrogen) atoms. The number of ether oxygens (including phenoxy) is 1. The van der Waals surface area contributed by atoms with Crippen LogP contribution in [0.3, 0.4) is 0 Å². The van der Waals surface area contributed by atoms with Crippen molar-refractivity contribution in [2.45, 2.75) is 39.3 Å². The number of hydrogen-bond donors (Lipinski definition) is 1. The van der Waals surface area contributed by atoms with Crippen LogP contribution in [0.4, 0.5) is 0 Å². The maximum atomic E-state index is 12.3. The van der Waals surface area contributed by atoms with E-state index in [1.165, 1.54) is 37.9 Å². The van der Waals surface area contributed by atoms with Crippen LogP contribution in [0.25, 0.3) is 0 Å². The molecular formula is C22H28N2O2. The van der Waals surface area contributed by atoms with Crippen molar-refractivity contribution >= 4 is 5.91 Å². The number of amides is 1. The van der Waals surface area contributed by atoms with Crippen molar-refractivity contribution in [2.24, 2.45) is 0 Å². The fraction of sp³-hybridized carbons (Fsp3) is 0.409. The van der Waals surface area contributed by atoms with Gasteiger partial charge in [-0.15, -0.1) is 0 Å². The van der Waals surface area contributed by atoms with Gasteiger partial charge in [0, 0.05) is 18.7 Å². The van der Waals surface area contributed by atoms with Crippen LogP contribution in [0.1, 0.15) is 47.7 Å². The quantitative estimate of drug-likeness (QED) is 0.819. The molecule has 0 atom stereocenters. The predicted molar refractivity (Wildman–Crippen MR) is 104 cm³/mol. The molecule has 1 aliphatic rings. The lowest BCUT2D eigenvalue weighted by Crippen LogP contribution is -2.29. The van der Waals surface area contributed by atoms with Crippen molar-refractivity contribution in [3.8, 4) is 5.75 Å². The molecular weight excluding hydrogens is 324 g/mol. The molecule has 2 aromatic rings. The minimum Gasteiger partial charge on any atom is -0.494 e. The molecule has 0 radical (unpaired) electrons. The van der Waals surface area contributed by atoms with Crippen LogP contribution < -0.4 is 10.1 Å². The number of nitrogens with zero attached hydrogens (tertiary/aromatic N) is 1. The molecule has 1 N–H and O–H groups in total. The number of carbonyl (C=O) groups is 1. The van der Waals surface area contributed by atoms with Crippen LogP contribution in [-0.4, -0.2) is 30.5 Å². The number of hydrogen-bond acceptors (Lipinski definition) is 3. The lowest BCUT2D eigenvalue weighted by Gasteiger charge is -2.26. The maximum absolute atomic E-state index is 12.3. The van der Waals surface area contributed by atoms with Gasteiger partial charge in [0.05, 0.1) is 6.61 Å². The molecule has 1 saturated heterocycles. The summed E-state index contributed by atoms with van der Waals surface area (Å²) in [5, 5.41) is 2.98. The fourth-order valence-corrected chi connectivity index (χ4v) is 3.29. The van der Waals surface area contributed by atoms with Gasteiger partial charge in [0.15, 0.2) is 0 Å². The molecule has 1 aliphatic heterocycles. The van der Waals surface area contributed by atoms with E-state index in [0.29, 0.717) is 18.7 Å². The van der Waals surface area contributed by atoms with Crippen molar-refractivity contribution in [2.75, 3.05) is 19.7 Å². The van der Waals surface area contributed by atoms with Crippen LogP contribution in [0.2, 0.25) is 0 Å². The van der Waals surface area contributed by atoms with Crippen LogP contribution in [0, 0.1) is 0 Å². The Labute approximate surface area is 156 Å². The van der Waals surface area contributed by atoms with E-state index in [-0.39, 0.29) is 5.91 Å². The molecule has 4 nitrogen and oxygen atoms in total. The van der Waals surface area contributed by atoms with Gasteiger partial charge in [-0.1, -0.05) is 30.7 Å². The molecule has 1 amide bonds. The highest BCUT2D eigenvalue weighted by molar-refractivity contribution is 5.94. The molecule has 138 valence electrons. The smallest absolute Gasteiger partial charge is 0.251 e. The number of piperidine rings is 1. The van der Waals surface area contributed by atoms with Gasteiger partial charge in [-0.05, 0) is 68.2 Å². The minimum atomic E-state index is -0.0385. The first kappa shape index (κ1) is 18.5. The number of rotatable bonds is 7. The van der Waals surface area contributed by atoms with Gasteiger partial charge in [0.1, 0.15) is 5.75 Å². The molecule has 2 aromatic carbocycles. The third kappa shape index (κ3) is 5.33. The first-order valence-corrected chi connectivity index (χ1v) is 9.56. The summed E-state index contributed by atoms with van der Waals surface area (Å²) >= 11 is 0. The Hall–Kier alpha value is -2.33. The highest BCUT2D eigenvalue weighted by Gasteiger charge is 2.11. The Balaban J connectivity index is 1.49. The summed E-state index contributed by atoms with van der Waals surface area (Å²) in [5.74, 6) is 0.815. The predicted octanol–water partition coefficient (Wildman–Crippen LogP) is 4.00. The topological polar surface area (TPSA) is 41.6 Å². The van der Waals surface area contributed by atoms with Crippen molar-refractivity contribution in [3.05, 3.63) is 65.2 Å². The summed E-state index contributed by atoms with van der Waals surface area (Å²) in [6.07, 6.45) is 3.95. The van der Waals surface area contributed by atoms with E-state index in [1.54, 1.807) is 0 Å². The summed E-state index contributed by atoms with van der Waals surface area (Å²) in [6.45, 7) is 6.49. The molecule has 0 spiro atoms. The second-order valence-electron chi connectivity index (χ2n) is 6.79. The van der Waals surface area contributed by atoms with E-state index in [9.17, 15) is 4.79 Å². The molecule has 0 unspecified atom stereocenters. The monoisotopic (exact) mass is 352 g/mol. The molecule has 0 bridgehead atoms. The van der Waals surface area contributed by atoms with E-state index in [4.69, 9.17) is 4.74 Å². The van der Waals surface area contributed by atoms with Crippen molar-refractivity contribution < 1.29 is 9.53 Å². The van der Waals surface area contributed by atoms with Crippen LogP contribution >= 0.6 is 0 Å². The first-order chi connectivity index (χ1) is 12.7. The third-order valence-corrected chi connectivity index (χ3v) is 4.76. The minimum absolute atomic E-state index is 0.0385. The summed E-state index contributed by atoms with van der Waals surface area (Å²) in [6, 6.07) is 15.8. The molecule has 0 saturated carbocycles. The number of carbonyl (C=O) groups excluding carboxylic acids is 1. The molecule has 3 rings (SSSR count). The van der Waals surface area contributed by atoms with E-state index < -0.39 is 0 Å². The molecule has 0 aromatic heterocycles. The van der Waals surface area contributed by atoms with Gasteiger partial charge < -0.3 is 10.1 Å². The average Bonchev–Trinajstić information content (AvgIpc) is 2.69. The maximum Gasteiger partial charge on any atom is 0.251 e. The Bertz CT molecular complexity index is 689. The molecule has 1 fully saturated rings. The lowest BCUT2D eigenvalue weighted by molar-refractivity contribution is 0.0951. The summed E-state index contributed by atoms with van der Waals surface area (Å²) in [7, 11) is 0. The van der Waals surface area contributed by atoms with Crippen molar-refractivity contribution in [1.82, 2.24) is 10.2 Å². The molecule has 0 aliphatic carbocycles. The largest absolute Gasteiger partial charge is 0.494 e. The first-order valence-electron chi connectivity index (χ1n) is 9.56. The van der Waals surface area contributed by atoms with Gasteiger partial charge in [-0.25, -0.2) is 0 Å². The fourth-order valence-electron chi connectivity index (χ4n) is 3.29. The Morgan fingerprint density at radius 3 is 2.27 bits per heavy atom. The molecule has 4 heteroatoms. The zero-order valence-electron chi connectivity index (χ0n) is 15.5. The second kappa shape index (κ2) is 9.39. The third-order valence-electron chi connectivity index (χ3n) is 4.76. The summed E-state index contributed by atoms with van der Waals surface area (Å²) in [5.41, 5.74) is 3.04. The van der Waals surface area contributed by atoms with Gasteiger partial charge in [-0.3, -0.25) is 9.69 Å². The second-order valence-corrected chi connectivity index (χ2v) is 6.79. The standard InChI is InChI=1S/C22H28N2O2/c1-2-26-21-12-8-18(9-13-21)16-23-22(25)20-10-6-19(7-11-20)17-24-14-4-3-5-15-24/h6-13H,2-5,14-17H2,1H3,(H,23,25). The summed E-state index contributed by atoms with van der Waals surface area (Å²) in [4.78, 5) is 14.8. The van der Waals surface area contributed by atoms with Crippen LogP contribution in [-0.2, 0) is 13.1 Å². The number of nitrogens with one attached hydrogen (secondary N) is 1. The lowest BCUT2D eigenvalue weighted by atomic mass is 10.1. The average molecular weight is 352 g/mol. The highest BCUT2D eigenvalue weighted by Crippen LogP contribution is 2.14. The van der Waals surface area contributed by atoms with Gasteiger partial charge in [-0.2, -0.15) is 0 Å². The summed E-state index contributed by atoms with van der Waals surface area (Å²) < 4.78 is 5.43. The van der Waals surface area contributed by atoms with Crippen molar-refractivity contribution in [3.63, 3.8) is 0 Å².